The number of nitrogens with one attached hydrogen (secondary N) is 1. The molecule has 7 heteroatoms. The number of rotatable bonds is 5. The summed E-state index contributed by atoms with van der Waals surface area (Å²) >= 11 is 0. The summed E-state index contributed by atoms with van der Waals surface area (Å²) < 4.78 is 53.0. The molecule has 1 heterocycles. The number of hydrogen-bond donors (Lipinski definition) is 1. The molecule has 3 rings (SSSR count). The van der Waals surface area contributed by atoms with Crippen molar-refractivity contribution in [2.75, 3.05) is 6.54 Å². The number of halogens is 4. The predicted molar refractivity (Wildman–Crippen MR) is 80.4 cm³/mol. The van der Waals surface area contributed by atoms with Crippen molar-refractivity contribution < 1.29 is 22.4 Å². The van der Waals surface area contributed by atoms with Gasteiger partial charge in [-0.25, -0.2) is 17.6 Å². The Morgan fingerprint density at radius 2 is 1.71 bits per heavy atom. The third-order valence-corrected chi connectivity index (χ3v) is 3.68. The van der Waals surface area contributed by atoms with Gasteiger partial charge in [0, 0.05) is 42.8 Å². The molecule has 0 aliphatic carbocycles. The maximum atomic E-state index is 13.7. The van der Waals surface area contributed by atoms with Crippen molar-refractivity contribution in [3.63, 3.8) is 0 Å². The molecule has 126 valence electrons. The van der Waals surface area contributed by atoms with Crippen molar-refractivity contribution in [2.45, 2.75) is 19.1 Å². The van der Waals surface area contributed by atoms with Crippen LogP contribution in [0.1, 0.15) is 17.5 Å². The SMILES string of the molecule is Fc1ccc(CNCC2CC(c3ccc(F)cc3F)=NO2)c(F)c1. The van der Waals surface area contributed by atoms with Gasteiger partial charge in [0.1, 0.15) is 29.4 Å². The molecule has 3 nitrogen and oxygen atoms in total. The van der Waals surface area contributed by atoms with E-state index in [2.05, 4.69) is 10.5 Å². The van der Waals surface area contributed by atoms with E-state index in [1.165, 1.54) is 18.2 Å². The Kier molecular flexibility index (Phi) is 4.80. The van der Waals surface area contributed by atoms with Crippen molar-refractivity contribution in [3.8, 4) is 0 Å². The lowest BCUT2D eigenvalue weighted by molar-refractivity contribution is 0.0848. The Morgan fingerprint density at radius 3 is 2.42 bits per heavy atom. The minimum absolute atomic E-state index is 0.198. The van der Waals surface area contributed by atoms with Crippen LogP contribution in [0.15, 0.2) is 41.6 Å². The topological polar surface area (TPSA) is 33.6 Å². The van der Waals surface area contributed by atoms with Gasteiger partial charge in [-0.2, -0.15) is 0 Å². The molecule has 1 aliphatic heterocycles. The smallest absolute Gasteiger partial charge is 0.145 e. The van der Waals surface area contributed by atoms with Gasteiger partial charge in [-0.1, -0.05) is 11.2 Å². The van der Waals surface area contributed by atoms with Crippen LogP contribution in [0.5, 0.6) is 0 Å². The minimum atomic E-state index is -0.695. The number of oxime groups is 1. The van der Waals surface area contributed by atoms with Crippen LogP contribution in [0.2, 0.25) is 0 Å². The van der Waals surface area contributed by atoms with Crippen molar-refractivity contribution in [1.82, 2.24) is 5.32 Å². The highest BCUT2D eigenvalue weighted by atomic mass is 19.1. The molecule has 1 N–H and O–H groups in total. The van der Waals surface area contributed by atoms with Crippen LogP contribution in [0, 0.1) is 23.3 Å². The quantitative estimate of drug-likeness (QED) is 0.847. The first kappa shape index (κ1) is 16.4. The maximum absolute atomic E-state index is 13.7. The van der Waals surface area contributed by atoms with E-state index in [-0.39, 0.29) is 18.2 Å². The van der Waals surface area contributed by atoms with Gasteiger partial charge in [0.15, 0.2) is 0 Å². The first-order chi connectivity index (χ1) is 11.5. The second kappa shape index (κ2) is 7.00. The maximum Gasteiger partial charge on any atom is 0.145 e. The van der Waals surface area contributed by atoms with Crippen LogP contribution in [0.25, 0.3) is 0 Å². The Balaban J connectivity index is 1.52. The van der Waals surface area contributed by atoms with E-state index in [1.54, 1.807) is 0 Å². The van der Waals surface area contributed by atoms with Gasteiger partial charge in [-0.05, 0) is 18.2 Å². The highest BCUT2D eigenvalue weighted by Gasteiger charge is 2.24. The third kappa shape index (κ3) is 3.73. The summed E-state index contributed by atoms with van der Waals surface area (Å²) in [7, 11) is 0. The molecule has 0 fully saturated rings. The fourth-order valence-corrected chi connectivity index (χ4v) is 2.45. The Morgan fingerprint density at radius 1 is 1.00 bits per heavy atom. The lowest BCUT2D eigenvalue weighted by atomic mass is 10.0. The lowest BCUT2D eigenvalue weighted by Crippen LogP contribution is -2.27. The summed E-state index contributed by atoms with van der Waals surface area (Å²) in [5.74, 6) is -2.61. The van der Waals surface area contributed by atoms with Gasteiger partial charge in [0.25, 0.3) is 0 Å². The van der Waals surface area contributed by atoms with E-state index in [4.69, 9.17) is 4.84 Å². The zero-order chi connectivity index (χ0) is 17.1. The van der Waals surface area contributed by atoms with Gasteiger partial charge in [0.05, 0.1) is 5.71 Å². The van der Waals surface area contributed by atoms with E-state index in [1.807, 2.05) is 0 Å². The molecule has 24 heavy (non-hydrogen) atoms. The van der Waals surface area contributed by atoms with E-state index in [0.717, 1.165) is 18.2 Å². The lowest BCUT2D eigenvalue weighted by Gasteiger charge is -2.10. The summed E-state index contributed by atoms with van der Waals surface area (Å²) in [5.41, 5.74) is 0.927. The van der Waals surface area contributed by atoms with Crippen LogP contribution in [0.4, 0.5) is 17.6 Å². The van der Waals surface area contributed by atoms with Gasteiger partial charge < -0.3 is 10.2 Å². The molecule has 0 amide bonds. The second-order valence-corrected chi connectivity index (χ2v) is 5.46. The summed E-state index contributed by atoms with van der Waals surface area (Å²) in [5, 5.41) is 6.81. The highest BCUT2D eigenvalue weighted by molar-refractivity contribution is 6.01. The molecule has 0 spiro atoms. The highest BCUT2D eigenvalue weighted by Crippen LogP contribution is 2.19. The molecule has 2 aromatic rings. The molecular formula is C17H14F4N2O. The molecule has 0 radical (unpaired) electrons. The minimum Gasteiger partial charge on any atom is -0.390 e. The monoisotopic (exact) mass is 338 g/mol. The number of benzene rings is 2. The third-order valence-electron chi connectivity index (χ3n) is 3.68. The zero-order valence-corrected chi connectivity index (χ0v) is 12.5. The molecule has 1 aliphatic rings. The first-order valence-electron chi connectivity index (χ1n) is 7.35. The van der Waals surface area contributed by atoms with E-state index in [9.17, 15) is 17.6 Å². The van der Waals surface area contributed by atoms with E-state index < -0.39 is 23.3 Å². The first-order valence-corrected chi connectivity index (χ1v) is 7.35. The standard InChI is InChI=1S/C17H14F4N2O/c18-11-2-1-10(15(20)5-11)8-22-9-13-7-17(23-24-13)14-4-3-12(19)6-16(14)21/h1-6,13,22H,7-9H2. The Hall–Kier alpha value is -2.41. The molecular weight excluding hydrogens is 324 g/mol. The summed E-state index contributed by atoms with van der Waals surface area (Å²) in [4.78, 5) is 5.20. The molecule has 0 saturated carbocycles. The van der Waals surface area contributed by atoms with Crippen LogP contribution >= 0.6 is 0 Å². The average Bonchev–Trinajstić information content (AvgIpc) is 2.98. The van der Waals surface area contributed by atoms with Crippen LogP contribution in [-0.2, 0) is 11.4 Å². The molecule has 0 bridgehead atoms. The van der Waals surface area contributed by atoms with Gasteiger partial charge in [-0.3, -0.25) is 0 Å². The summed E-state index contributed by atoms with van der Waals surface area (Å²) in [6.07, 6.45) is 0.00881. The second-order valence-electron chi connectivity index (χ2n) is 5.46. The zero-order valence-electron chi connectivity index (χ0n) is 12.5. The summed E-state index contributed by atoms with van der Waals surface area (Å²) in [6, 6.07) is 6.64. The summed E-state index contributed by atoms with van der Waals surface area (Å²) in [6.45, 7) is 0.554. The van der Waals surface area contributed by atoms with Crippen molar-refractivity contribution in [1.29, 1.82) is 0 Å². The van der Waals surface area contributed by atoms with Crippen molar-refractivity contribution in [3.05, 3.63) is 70.8 Å². The van der Waals surface area contributed by atoms with Crippen LogP contribution in [-0.4, -0.2) is 18.4 Å². The van der Waals surface area contributed by atoms with Crippen LogP contribution < -0.4 is 5.32 Å². The van der Waals surface area contributed by atoms with Gasteiger partial charge >= 0.3 is 0 Å². The van der Waals surface area contributed by atoms with Gasteiger partial charge in [0.2, 0.25) is 0 Å². The van der Waals surface area contributed by atoms with Crippen molar-refractivity contribution in [2.24, 2.45) is 5.16 Å². The molecule has 0 saturated heterocycles. The number of hydrogen-bond acceptors (Lipinski definition) is 3. The predicted octanol–water partition coefficient (Wildman–Crippen LogP) is 3.53. The van der Waals surface area contributed by atoms with Gasteiger partial charge in [-0.15, -0.1) is 0 Å². The molecule has 1 atom stereocenters. The fraction of sp³-hybridized carbons (Fsp3) is 0.235. The van der Waals surface area contributed by atoms with Crippen LogP contribution in [0.3, 0.4) is 0 Å². The normalized spacial score (nSPS) is 16.8. The molecule has 0 aromatic heterocycles. The average molecular weight is 338 g/mol. The number of nitrogens with zero attached hydrogens (tertiary/aromatic N) is 1. The van der Waals surface area contributed by atoms with Crippen molar-refractivity contribution >= 4 is 5.71 Å². The van der Waals surface area contributed by atoms with E-state index in [0.29, 0.717) is 24.2 Å². The Labute approximate surface area is 135 Å². The molecule has 2 aromatic carbocycles. The fourth-order valence-electron chi connectivity index (χ4n) is 2.45. The van der Waals surface area contributed by atoms with E-state index >= 15 is 0 Å². The molecule has 1 unspecified atom stereocenters. The Bertz CT molecular complexity index is 779. The largest absolute Gasteiger partial charge is 0.390 e.